The van der Waals surface area contributed by atoms with Crippen LogP contribution in [0.3, 0.4) is 0 Å². The number of amides is 1. The Balaban J connectivity index is 1.37. The molecule has 0 aliphatic carbocycles. The highest BCUT2D eigenvalue weighted by Crippen LogP contribution is 2.30. The van der Waals surface area contributed by atoms with Crippen molar-refractivity contribution in [2.45, 2.75) is 19.6 Å². The topological polar surface area (TPSA) is 69.2 Å². The third-order valence-electron chi connectivity index (χ3n) is 5.43. The minimum atomic E-state index is -0.193. The van der Waals surface area contributed by atoms with Crippen LogP contribution in [0, 0.1) is 0 Å². The zero-order chi connectivity index (χ0) is 25.9. The van der Waals surface area contributed by atoms with Gasteiger partial charge in [-0.2, -0.15) is 5.10 Å². The van der Waals surface area contributed by atoms with Crippen LogP contribution in [-0.4, -0.2) is 19.2 Å². The van der Waals surface area contributed by atoms with Crippen LogP contribution >= 0.6 is 15.9 Å². The molecule has 7 heteroatoms. The molecule has 188 valence electrons. The average Bonchev–Trinajstić information content (AvgIpc) is 2.92. The van der Waals surface area contributed by atoms with Crippen LogP contribution in [0.4, 0.5) is 0 Å². The van der Waals surface area contributed by atoms with E-state index < -0.39 is 0 Å². The summed E-state index contributed by atoms with van der Waals surface area (Å²) in [7, 11) is 1.62. The van der Waals surface area contributed by atoms with E-state index in [1.54, 1.807) is 13.3 Å². The molecule has 4 rings (SSSR count). The molecule has 0 bridgehead atoms. The van der Waals surface area contributed by atoms with Gasteiger partial charge in [-0.3, -0.25) is 4.79 Å². The number of nitrogens with one attached hydrogen (secondary N) is 1. The molecule has 0 aliphatic rings. The van der Waals surface area contributed by atoms with Crippen molar-refractivity contribution >= 4 is 28.1 Å². The Morgan fingerprint density at radius 2 is 1.43 bits per heavy atom. The van der Waals surface area contributed by atoms with Gasteiger partial charge < -0.3 is 14.2 Å². The van der Waals surface area contributed by atoms with Crippen LogP contribution in [0.15, 0.2) is 107 Å². The zero-order valence-electron chi connectivity index (χ0n) is 20.4. The average molecular weight is 559 g/mol. The van der Waals surface area contributed by atoms with Gasteiger partial charge in [0.05, 0.1) is 19.7 Å². The summed E-state index contributed by atoms with van der Waals surface area (Å²) in [5.41, 5.74) is 6.23. The van der Waals surface area contributed by atoms with Crippen molar-refractivity contribution < 1.29 is 19.0 Å². The van der Waals surface area contributed by atoms with Crippen LogP contribution < -0.4 is 19.6 Å². The lowest BCUT2D eigenvalue weighted by atomic mass is 10.1. The Morgan fingerprint density at radius 3 is 2.16 bits per heavy atom. The third-order valence-corrected chi connectivity index (χ3v) is 5.93. The Bertz CT molecular complexity index is 1340. The fraction of sp³-hybridized carbons (Fsp3) is 0.133. The van der Waals surface area contributed by atoms with Gasteiger partial charge in [0, 0.05) is 10.0 Å². The number of nitrogens with zero attached hydrogens (tertiary/aromatic N) is 1. The summed E-state index contributed by atoms with van der Waals surface area (Å²) in [6.45, 7) is 0.773. The van der Waals surface area contributed by atoms with Crippen molar-refractivity contribution in [2.24, 2.45) is 5.10 Å². The van der Waals surface area contributed by atoms with Crippen LogP contribution in [-0.2, 0) is 24.4 Å². The zero-order valence-corrected chi connectivity index (χ0v) is 22.0. The van der Waals surface area contributed by atoms with Crippen molar-refractivity contribution in [3.63, 3.8) is 0 Å². The van der Waals surface area contributed by atoms with Gasteiger partial charge in [-0.25, -0.2) is 5.43 Å². The summed E-state index contributed by atoms with van der Waals surface area (Å²) >= 11 is 3.48. The number of methoxy groups -OCH3 is 1. The maximum absolute atomic E-state index is 12.2. The first-order valence-corrected chi connectivity index (χ1v) is 12.5. The van der Waals surface area contributed by atoms with E-state index in [1.807, 2.05) is 97.1 Å². The van der Waals surface area contributed by atoms with Crippen molar-refractivity contribution in [3.8, 4) is 17.2 Å². The summed E-state index contributed by atoms with van der Waals surface area (Å²) in [6.07, 6.45) is 1.83. The highest BCUT2D eigenvalue weighted by molar-refractivity contribution is 9.10. The molecule has 0 aliphatic heterocycles. The molecule has 0 heterocycles. The molecule has 0 radical (unpaired) electrons. The summed E-state index contributed by atoms with van der Waals surface area (Å²) in [4.78, 5) is 12.2. The third kappa shape index (κ3) is 7.95. The molecule has 0 fully saturated rings. The Hall–Kier alpha value is -4.10. The smallest absolute Gasteiger partial charge is 0.244 e. The molecular formula is C30H27BrN2O4. The maximum Gasteiger partial charge on any atom is 0.244 e. The fourth-order valence-corrected chi connectivity index (χ4v) is 3.94. The minimum Gasteiger partial charge on any atom is -0.493 e. The molecular weight excluding hydrogens is 532 g/mol. The highest BCUT2D eigenvalue weighted by Gasteiger charge is 2.09. The van der Waals surface area contributed by atoms with Gasteiger partial charge in [-0.05, 0) is 47.0 Å². The summed E-state index contributed by atoms with van der Waals surface area (Å²) < 4.78 is 18.4. The molecule has 1 amide bonds. The fourth-order valence-electron chi connectivity index (χ4n) is 3.56. The summed E-state index contributed by atoms with van der Waals surface area (Å²) in [5.74, 6) is 1.74. The Kier molecular flexibility index (Phi) is 9.32. The van der Waals surface area contributed by atoms with Gasteiger partial charge in [0.15, 0.2) is 11.5 Å². The molecule has 0 saturated carbocycles. The van der Waals surface area contributed by atoms with Crippen LogP contribution in [0.25, 0.3) is 0 Å². The summed E-state index contributed by atoms with van der Waals surface area (Å²) in [5, 5.41) is 4.12. The quantitative estimate of drug-likeness (QED) is 0.173. The molecule has 0 saturated heterocycles. The summed E-state index contributed by atoms with van der Waals surface area (Å²) in [6, 6.07) is 30.8. The van der Waals surface area contributed by atoms with E-state index in [4.69, 9.17) is 14.2 Å². The lowest BCUT2D eigenvalue weighted by Gasteiger charge is -2.14. The number of carbonyl (C=O) groups is 1. The molecule has 4 aromatic carbocycles. The normalized spacial score (nSPS) is 10.8. The molecule has 37 heavy (non-hydrogen) atoms. The number of ether oxygens (including phenoxy) is 3. The number of hydrazone groups is 1. The number of rotatable bonds is 11. The lowest BCUT2D eigenvalue weighted by molar-refractivity contribution is -0.120. The first-order valence-electron chi connectivity index (χ1n) is 11.7. The molecule has 4 aromatic rings. The lowest BCUT2D eigenvalue weighted by Crippen LogP contribution is -2.19. The van der Waals surface area contributed by atoms with Gasteiger partial charge in [0.2, 0.25) is 5.91 Å². The first-order chi connectivity index (χ1) is 18.1. The van der Waals surface area contributed by atoms with Crippen LogP contribution in [0.2, 0.25) is 0 Å². The minimum absolute atomic E-state index is 0.193. The number of benzene rings is 4. The van der Waals surface area contributed by atoms with Crippen molar-refractivity contribution in [3.05, 3.63) is 124 Å². The predicted molar refractivity (Wildman–Crippen MR) is 148 cm³/mol. The van der Waals surface area contributed by atoms with Gasteiger partial charge in [0.25, 0.3) is 0 Å². The molecule has 0 aromatic heterocycles. The van der Waals surface area contributed by atoms with E-state index in [-0.39, 0.29) is 12.3 Å². The highest BCUT2D eigenvalue weighted by atomic mass is 79.9. The maximum atomic E-state index is 12.2. The predicted octanol–water partition coefficient (Wildman–Crippen LogP) is 6.31. The van der Waals surface area contributed by atoms with Gasteiger partial charge in [-0.1, -0.05) is 82.7 Å². The largest absolute Gasteiger partial charge is 0.493 e. The monoisotopic (exact) mass is 558 g/mol. The van der Waals surface area contributed by atoms with Gasteiger partial charge in [-0.15, -0.1) is 0 Å². The Labute approximate surface area is 225 Å². The van der Waals surface area contributed by atoms with E-state index in [2.05, 4.69) is 26.5 Å². The molecule has 1 N–H and O–H groups in total. The number of hydrogen-bond donors (Lipinski definition) is 1. The van der Waals surface area contributed by atoms with Crippen molar-refractivity contribution in [2.75, 3.05) is 7.11 Å². The van der Waals surface area contributed by atoms with Gasteiger partial charge >= 0.3 is 0 Å². The van der Waals surface area contributed by atoms with Crippen molar-refractivity contribution in [1.82, 2.24) is 5.43 Å². The number of hydrogen-bond acceptors (Lipinski definition) is 5. The van der Waals surface area contributed by atoms with Crippen LogP contribution in [0.5, 0.6) is 17.2 Å². The van der Waals surface area contributed by atoms with Crippen molar-refractivity contribution in [1.29, 1.82) is 0 Å². The second-order valence-electron chi connectivity index (χ2n) is 8.19. The number of carbonyl (C=O) groups excluding carboxylic acids is 1. The SMILES string of the molecule is COc1cc(COc2ccc(Br)cc2/C=N/NC(=O)Cc2ccccc2)ccc1OCc1ccccc1. The van der Waals surface area contributed by atoms with Crippen LogP contribution in [0.1, 0.15) is 22.3 Å². The number of halogens is 1. The second kappa shape index (κ2) is 13.3. The Morgan fingerprint density at radius 1 is 0.784 bits per heavy atom. The second-order valence-corrected chi connectivity index (χ2v) is 9.10. The van der Waals surface area contributed by atoms with Gasteiger partial charge in [0.1, 0.15) is 19.0 Å². The molecule has 0 atom stereocenters. The van der Waals surface area contributed by atoms with E-state index in [0.717, 1.165) is 26.7 Å². The van der Waals surface area contributed by atoms with E-state index in [0.29, 0.717) is 30.5 Å². The molecule has 6 nitrogen and oxygen atoms in total. The first kappa shape index (κ1) is 26.0. The van der Waals surface area contributed by atoms with E-state index in [1.165, 1.54) is 0 Å². The standard InChI is InChI=1S/C30H27BrN2O4/c1-35-29-16-24(12-14-28(29)37-20-23-10-6-3-7-11-23)21-36-27-15-13-26(31)18-25(27)19-32-33-30(34)17-22-8-4-2-5-9-22/h2-16,18-19H,17,20-21H2,1H3,(H,33,34)/b32-19+. The molecule has 0 unspecified atom stereocenters. The van der Waals surface area contributed by atoms with E-state index in [9.17, 15) is 4.79 Å². The van der Waals surface area contributed by atoms with E-state index >= 15 is 0 Å². The molecule has 0 spiro atoms.